The van der Waals surface area contributed by atoms with Gasteiger partial charge in [-0.3, -0.25) is 0 Å². The van der Waals surface area contributed by atoms with Crippen molar-refractivity contribution >= 4 is 5.97 Å². The first-order chi connectivity index (χ1) is 11.8. The zero-order valence-electron chi connectivity index (χ0n) is 14.4. The van der Waals surface area contributed by atoms with E-state index in [1.165, 1.54) is 16.8 Å². The Kier molecular flexibility index (Phi) is 4.40. The number of aromatic nitrogens is 2. The number of halogens is 1. The van der Waals surface area contributed by atoms with Gasteiger partial charge in [0.1, 0.15) is 5.82 Å². The van der Waals surface area contributed by atoms with Crippen molar-refractivity contribution in [3.05, 3.63) is 77.7 Å². The van der Waals surface area contributed by atoms with Crippen LogP contribution in [0.3, 0.4) is 0 Å². The molecule has 0 aliphatic heterocycles. The van der Waals surface area contributed by atoms with Crippen LogP contribution in [0.2, 0.25) is 0 Å². The first kappa shape index (κ1) is 16.9. The van der Waals surface area contributed by atoms with Gasteiger partial charge in [-0.2, -0.15) is 5.10 Å². The zero-order valence-corrected chi connectivity index (χ0v) is 14.4. The number of carbonyl (C=O) groups excluding carboxylic acids is 1. The van der Waals surface area contributed by atoms with Crippen molar-refractivity contribution < 1.29 is 13.9 Å². The normalized spacial score (nSPS) is 11.4. The van der Waals surface area contributed by atoms with Crippen molar-refractivity contribution in [2.24, 2.45) is 0 Å². The summed E-state index contributed by atoms with van der Waals surface area (Å²) in [5.41, 5.74) is 1.43. The molecule has 5 heteroatoms. The second-order valence-corrected chi connectivity index (χ2v) is 6.77. The van der Waals surface area contributed by atoms with Gasteiger partial charge in [-0.25, -0.2) is 13.9 Å². The van der Waals surface area contributed by atoms with Crippen molar-refractivity contribution in [3.8, 4) is 11.6 Å². The standard InChI is InChI=1S/C20H19FN2O2/c1-20(2,3)17-13-18(25-19(24)14-8-5-4-6-9-14)23(22-17)16-11-7-10-15(21)12-16/h4-13H,1-3H3. The average Bonchev–Trinajstić information content (AvgIpc) is 3.00. The van der Waals surface area contributed by atoms with Crippen LogP contribution < -0.4 is 4.74 Å². The van der Waals surface area contributed by atoms with Crippen LogP contribution in [-0.4, -0.2) is 15.7 Å². The lowest BCUT2D eigenvalue weighted by molar-refractivity contribution is 0.0723. The van der Waals surface area contributed by atoms with E-state index in [0.717, 1.165) is 5.69 Å². The maximum Gasteiger partial charge on any atom is 0.344 e. The lowest BCUT2D eigenvalue weighted by atomic mass is 9.93. The fourth-order valence-electron chi connectivity index (χ4n) is 2.32. The van der Waals surface area contributed by atoms with Gasteiger partial charge >= 0.3 is 5.97 Å². The molecule has 0 amide bonds. The third-order valence-corrected chi connectivity index (χ3v) is 3.70. The molecule has 0 N–H and O–H groups in total. The van der Waals surface area contributed by atoms with Crippen molar-refractivity contribution in [3.63, 3.8) is 0 Å². The summed E-state index contributed by atoms with van der Waals surface area (Å²) in [5, 5.41) is 4.51. The van der Waals surface area contributed by atoms with E-state index in [1.807, 2.05) is 26.8 Å². The van der Waals surface area contributed by atoms with Gasteiger partial charge in [0.15, 0.2) is 0 Å². The van der Waals surface area contributed by atoms with E-state index in [4.69, 9.17) is 4.74 Å². The molecule has 3 aromatic rings. The monoisotopic (exact) mass is 338 g/mol. The molecule has 0 unspecified atom stereocenters. The van der Waals surface area contributed by atoms with E-state index in [0.29, 0.717) is 11.3 Å². The van der Waals surface area contributed by atoms with Crippen LogP contribution in [0.15, 0.2) is 60.7 Å². The molecule has 0 saturated heterocycles. The number of hydrogen-bond donors (Lipinski definition) is 0. The van der Waals surface area contributed by atoms with E-state index in [9.17, 15) is 9.18 Å². The van der Waals surface area contributed by atoms with E-state index in [1.54, 1.807) is 42.5 Å². The highest BCUT2D eigenvalue weighted by Crippen LogP contribution is 2.28. The summed E-state index contributed by atoms with van der Waals surface area (Å²) in [6, 6.07) is 16.4. The lowest BCUT2D eigenvalue weighted by Gasteiger charge is -2.13. The molecule has 0 atom stereocenters. The summed E-state index contributed by atoms with van der Waals surface area (Å²) in [6.45, 7) is 6.02. The smallest absolute Gasteiger partial charge is 0.344 e. The van der Waals surface area contributed by atoms with Crippen LogP contribution in [0.1, 0.15) is 36.8 Å². The maximum atomic E-state index is 13.6. The number of benzene rings is 2. The molecule has 1 heterocycles. The molecule has 0 aliphatic rings. The summed E-state index contributed by atoms with van der Waals surface area (Å²) in [5.74, 6) is -0.617. The molecule has 128 valence electrons. The molecule has 0 radical (unpaired) electrons. The lowest BCUT2D eigenvalue weighted by Crippen LogP contribution is -2.13. The van der Waals surface area contributed by atoms with E-state index in [-0.39, 0.29) is 17.1 Å². The molecule has 0 fully saturated rings. The van der Waals surface area contributed by atoms with Crippen LogP contribution in [0.4, 0.5) is 4.39 Å². The Balaban J connectivity index is 2.02. The van der Waals surface area contributed by atoms with Gasteiger partial charge in [-0.05, 0) is 30.3 Å². The fourth-order valence-corrected chi connectivity index (χ4v) is 2.32. The number of rotatable bonds is 3. The summed E-state index contributed by atoms with van der Waals surface area (Å²) < 4.78 is 20.6. The van der Waals surface area contributed by atoms with Crippen LogP contribution in [-0.2, 0) is 5.41 Å². The predicted molar refractivity (Wildman–Crippen MR) is 93.6 cm³/mol. The summed E-state index contributed by atoms with van der Waals surface area (Å²) in [6.07, 6.45) is 0. The predicted octanol–water partition coefficient (Wildman–Crippen LogP) is 4.53. The number of carbonyl (C=O) groups is 1. The Bertz CT molecular complexity index is 896. The number of ether oxygens (including phenoxy) is 1. The molecular weight excluding hydrogens is 319 g/mol. The molecule has 25 heavy (non-hydrogen) atoms. The molecule has 2 aromatic carbocycles. The van der Waals surface area contributed by atoms with Crippen LogP contribution >= 0.6 is 0 Å². The van der Waals surface area contributed by atoms with Gasteiger partial charge in [0.25, 0.3) is 0 Å². The largest absolute Gasteiger partial charge is 0.404 e. The highest BCUT2D eigenvalue weighted by atomic mass is 19.1. The maximum absolute atomic E-state index is 13.6. The van der Waals surface area contributed by atoms with Gasteiger partial charge in [0.2, 0.25) is 5.88 Å². The van der Waals surface area contributed by atoms with E-state index >= 15 is 0 Å². The van der Waals surface area contributed by atoms with E-state index < -0.39 is 5.97 Å². The molecule has 0 saturated carbocycles. The Morgan fingerprint density at radius 1 is 1.04 bits per heavy atom. The minimum atomic E-state index is -0.487. The topological polar surface area (TPSA) is 44.1 Å². The van der Waals surface area contributed by atoms with E-state index in [2.05, 4.69) is 5.10 Å². The quantitative estimate of drug-likeness (QED) is 0.659. The molecule has 0 bridgehead atoms. The third kappa shape index (κ3) is 3.76. The number of hydrogen-bond acceptors (Lipinski definition) is 3. The highest BCUT2D eigenvalue weighted by molar-refractivity contribution is 5.90. The summed E-state index contributed by atoms with van der Waals surface area (Å²) in [4.78, 5) is 12.4. The van der Waals surface area contributed by atoms with Crippen molar-refractivity contribution in [1.82, 2.24) is 9.78 Å². The van der Waals surface area contributed by atoms with Crippen LogP contribution in [0.5, 0.6) is 5.88 Å². The number of nitrogens with zero attached hydrogens (tertiary/aromatic N) is 2. The van der Waals surface area contributed by atoms with Gasteiger partial charge in [0.05, 0.1) is 16.9 Å². The number of esters is 1. The minimum absolute atomic E-state index is 0.244. The average molecular weight is 338 g/mol. The summed E-state index contributed by atoms with van der Waals surface area (Å²) >= 11 is 0. The van der Waals surface area contributed by atoms with Crippen molar-refractivity contribution in [2.75, 3.05) is 0 Å². The molecule has 0 aliphatic carbocycles. The molecule has 0 spiro atoms. The Morgan fingerprint density at radius 3 is 2.40 bits per heavy atom. The fraction of sp³-hybridized carbons (Fsp3) is 0.200. The van der Waals surface area contributed by atoms with Crippen molar-refractivity contribution in [2.45, 2.75) is 26.2 Å². The molecular formula is C20H19FN2O2. The first-order valence-electron chi connectivity index (χ1n) is 7.98. The molecule has 3 rings (SSSR count). The highest BCUT2D eigenvalue weighted by Gasteiger charge is 2.23. The second kappa shape index (κ2) is 6.51. The van der Waals surface area contributed by atoms with Gasteiger partial charge in [0, 0.05) is 11.5 Å². The Labute approximate surface area is 145 Å². The van der Waals surface area contributed by atoms with Crippen LogP contribution in [0, 0.1) is 5.82 Å². The summed E-state index contributed by atoms with van der Waals surface area (Å²) in [7, 11) is 0. The second-order valence-electron chi connectivity index (χ2n) is 6.77. The first-order valence-corrected chi connectivity index (χ1v) is 7.98. The third-order valence-electron chi connectivity index (χ3n) is 3.70. The van der Waals surface area contributed by atoms with Gasteiger partial charge in [-0.15, -0.1) is 0 Å². The zero-order chi connectivity index (χ0) is 18.0. The van der Waals surface area contributed by atoms with Gasteiger partial charge in [-0.1, -0.05) is 45.0 Å². The Morgan fingerprint density at radius 2 is 1.76 bits per heavy atom. The molecule has 1 aromatic heterocycles. The molecule has 4 nitrogen and oxygen atoms in total. The van der Waals surface area contributed by atoms with Gasteiger partial charge < -0.3 is 4.74 Å². The SMILES string of the molecule is CC(C)(C)c1cc(OC(=O)c2ccccc2)n(-c2cccc(F)c2)n1. The van der Waals surface area contributed by atoms with Crippen molar-refractivity contribution in [1.29, 1.82) is 0 Å². The Hall–Kier alpha value is -2.95. The van der Waals surface area contributed by atoms with Crippen LogP contribution in [0.25, 0.3) is 5.69 Å². The minimum Gasteiger partial charge on any atom is -0.404 e.